The molecule has 69 heavy (non-hydrogen) atoms. The van der Waals surface area contributed by atoms with Gasteiger partial charge in [0.05, 0.1) is 39.9 Å². The number of allylic oxidation sites excluding steroid dienone is 5. The number of nitrogens with zero attached hydrogens (tertiary/aromatic N) is 1. The third-order valence-corrected chi connectivity index (χ3v) is 14.5. The highest BCUT2D eigenvalue weighted by Gasteiger charge is 2.23. The number of amides is 1. The van der Waals surface area contributed by atoms with Gasteiger partial charge in [-0.2, -0.15) is 0 Å². The summed E-state index contributed by atoms with van der Waals surface area (Å²) >= 11 is 0. The van der Waals surface area contributed by atoms with Gasteiger partial charge in [0.1, 0.15) is 13.2 Å². The Morgan fingerprint density at radius 2 is 0.812 bits per heavy atom. The summed E-state index contributed by atoms with van der Waals surface area (Å²) in [6.45, 7) is 4.65. The second-order valence-electron chi connectivity index (χ2n) is 21.7. The van der Waals surface area contributed by atoms with Crippen molar-refractivity contribution in [1.82, 2.24) is 5.32 Å². The third-order valence-electron chi connectivity index (χ3n) is 13.6. The fourth-order valence-electron chi connectivity index (χ4n) is 8.87. The average Bonchev–Trinajstić information content (AvgIpc) is 3.31. The van der Waals surface area contributed by atoms with E-state index in [-0.39, 0.29) is 12.5 Å². The molecule has 0 saturated heterocycles. The Morgan fingerprint density at radius 1 is 0.493 bits per heavy atom. The molecule has 0 aliphatic heterocycles. The number of quaternary nitrogens is 1. The van der Waals surface area contributed by atoms with Crippen LogP contribution in [0.25, 0.3) is 0 Å². The summed E-state index contributed by atoms with van der Waals surface area (Å²) in [6, 6.07) is -0.905. The number of nitrogens with one attached hydrogen (secondary N) is 1. The molecule has 0 aliphatic rings. The highest BCUT2D eigenvalue weighted by atomic mass is 31.2. The lowest BCUT2D eigenvalue weighted by Crippen LogP contribution is -2.45. The fraction of sp³-hybridized carbons (Fsp3) is 0.883. The van der Waals surface area contributed by atoms with Crippen LogP contribution in [0.1, 0.15) is 290 Å². The molecule has 2 N–H and O–H groups in total. The van der Waals surface area contributed by atoms with Crippen molar-refractivity contribution in [2.24, 2.45) is 0 Å². The number of aliphatic hydroxyl groups excluding tert-OH is 1. The first-order chi connectivity index (χ1) is 33.5. The summed E-state index contributed by atoms with van der Waals surface area (Å²) in [5, 5.41) is 13.9. The van der Waals surface area contributed by atoms with Gasteiger partial charge in [0, 0.05) is 6.42 Å². The van der Waals surface area contributed by atoms with Crippen LogP contribution in [0.2, 0.25) is 0 Å². The number of aliphatic hydroxyl groups is 1. The van der Waals surface area contributed by atoms with E-state index in [4.69, 9.17) is 9.05 Å². The van der Waals surface area contributed by atoms with Crippen LogP contribution in [0, 0.1) is 0 Å². The molecule has 8 nitrogen and oxygen atoms in total. The van der Waals surface area contributed by atoms with Crippen molar-refractivity contribution < 1.29 is 32.9 Å². The second-order valence-corrected chi connectivity index (χ2v) is 23.1. The first-order valence-electron chi connectivity index (χ1n) is 29.9. The van der Waals surface area contributed by atoms with Crippen LogP contribution in [0.4, 0.5) is 0 Å². The molecule has 3 atom stereocenters. The number of phosphoric acid groups is 1. The van der Waals surface area contributed by atoms with Gasteiger partial charge in [-0.05, 0) is 57.8 Å². The lowest BCUT2D eigenvalue weighted by atomic mass is 10.0. The van der Waals surface area contributed by atoms with E-state index in [2.05, 4.69) is 43.5 Å². The minimum atomic E-state index is -4.61. The highest BCUT2D eigenvalue weighted by molar-refractivity contribution is 7.45. The summed E-state index contributed by atoms with van der Waals surface area (Å²) in [6.07, 6.45) is 66.7. The summed E-state index contributed by atoms with van der Waals surface area (Å²) < 4.78 is 23.3. The number of carbonyl (C=O) groups is 1. The molecular weight excluding hydrogens is 876 g/mol. The molecule has 0 saturated carbocycles. The molecule has 9 heteroatoms. The number of hydrogen-bond acceptors (Lipinski definition) is 6. The first-order valence-corrected chi connectivity index (χ1v) is 31.3. The SMILES string of the molecule is CCCCCCCC/C=C\CCCCCCCCCC(=O)NC(COP(=O)([O-])OCC[N+](C)(C)C)C(O)/C=C/CC/C=C/CCCCCCCCCCCCCCCCCCCCCCCCCC. The van der Waals surface area contributed by atoms with E-state index in [0.29, 0.717) is 17.4 Å². The van der Waals surface area contributed by atoms with Gasteiger partial charge in [-0.1, -0.05) is 262 Å². The number of likely N-dealkylation sites (N-methyl/N-ethyl adjacent to an activating group) is 1. The molecule has 0 bridgehead atoms. The molecule has 3 unspecified atom stereocenters. The number of phosphoric ester groups is 1. The van der Waals surface area contributed by atoms with Crippen LogP contribution in [0.3, 0.4) is 0 Å². The van der Waals surface area contributed by atoms with Crippen LogP contribution in [0.15, 0.2) is 36.5 Å². The average molecular weight is 994 g/mol. The van der Waals surface area contributed by atoms with E-state index in [1.54, 1.807) is 6.08 Å². The summed E-state index contributed by atoms with van der Waals surface area (Å²) in [5.74, 6) is -0.209. The van der Waals surface area contributed by atoms with E-state index in [0.717, 1.165) is 38.5 Å². The molecule has 0 radical (unpaired) electrons. The van der Waals surface area contributed by atoms with Gasteiger partial charge in [-0.3, -0.25) is 9.36 Å². The molecule has 0 aromatic heterocycles. The Kier molecular flexibility index (Phi) is 50.7. The molecule has 0 aliphatic carbocycles. The van der Waals surface area contributed by atoms with Crippen LogP contribution < -0.4 is 10.2 Å². The standard InChI is InChI=1S/C60H117N2O6P/c1-6-8-10-12-14-16-18-20-22-24-25-26-27-28-29-30-31-32-33-34-35-36-38-39-41-43-45-47-49-51-53-59(63)58(57-68-69(65,66)67-56-55-62(3,4)5)61-60(64)54-52-50-48-46-44-42-40-37-23-21-19-17-15-13-11-9-7-2/h21,23,43,45,51,53,58-59,63H,6-20,22,24-42,44,46-50,52,54-57H2,1-5H3,(H-,61,64,65,66)/b23-21-,45-43+,53-51+. The van der Waals surface area contributed by atoms with Gasteiger partial charge in [0.25, 0.3) is 7.82 Å². The molecule has 0 aromatic rings. The molecule has 0 aromatic carbocycles. The van der Waals surface area contributed by atoms with Crippen LogP contribution >= 0.6 is 7.82 Å². The maximum Gasteiger partial charge on any atom is 0.268 e. The number of rotatable bonds is 55. The van der Waals surface area contributed by atoms with Gasteiger partial charge in [-0.25, -0.2) is 0 Å². The quantitative estimate of drug-likeness (QED) is 0.0272. The number of unbranched alkanes of at least 4 members (excludes halogenated alkanes) is 38. The largest absolute Gasteiger partial charge is 0.756 e. The lowest BCUT2D eigenvalue weighted by molar-refractivity contribution is -0.870. The van der Waals surface area contributed by atoms with E-state index in [1.165, 1.54) is 231 Å². The zero-order chi connectivity index (χ0) is 50.6. The van der Waals surface area contributed by atoms with Crippen molar-refractivity contribution in [3.8, 4) is 0 Å². The van der Waals surface area contributed by atoms with Gasteiger partial charge >= 0.3 is 0 Å². The monoisotopic (exact) mass is 993 g/mol. The van der Waals surface area contributed by atoms with Crippen LogP contribution in [-0.2, 0) is 18.4 Å². The third kappa shape index (κ3) is 54.3. The zero-order valence-corrected chi connectivity index (χ0v) is 47.4. The van der Waals surface area contributed by atoms with Crippen LogP contribution in [0.5, 0.6) is 0 Å². The van der Waals surface area contributed by atoms with E-state index >= 15 is 0 Å². The number of hydrogen-bond donors (Lipinski definition) is 2. The molecule has 0 spiro atoms. The Bertz CT molecular complexity index is 1220. The topological polar surface area (TPSA) is 108 Å². The van der Waals surface area contributed by atoms with Crippen molar-refractivity contribution in [2.45, 2.75) is 302 Å². The van der Waals surface area contributed by atoms with Gasteiger partial charge < -0.3 is 28.8 Å². The Morgan fingerprint density at radius 3 is 1.17 bits per heavy atom. The Labute approximate surface area is 429 Å². The maximum absolute atomic E-state index is 12.9. The lowest BCUT2D eigenvalue weighted by Gasteiger charge is -2.29. The summed E-state index contributed by atoms with van der Waals surface area (Å²) in [4.78, 5) is 25.5. The van der Waals surface area contributed by atoms with Crippen molar-refractivity contribution in [3.05, 3.63) is 36.5 Å². The van der Waals surface area contributed by atoms with Crippen LogP contribution in [-0.4, -0.2) is 68.5 Å². The number of carbonyl (C=O) groups excluding carboxylic acids is 1. The van der Waals surface area contributed by atoms with Crippen molar-refractivity contribution >= 4 is 13.7 Å². The van der Waals surface area contributed by atoms with Gasteiger partial charge in [-0.15, -0.1) is 0 Å². The van der Waals surface area contributed by atoms with E-state index < -0.39 is 26.6 Å². The summed E-state index contributed by atoms with van der Waals surface area (Å²) in [5.41, 5.74) is 0. The first kappa shape index (κ1) is 67.7. The normalized spacial score (nSPS) is 14.1. The zero-order valence-electron chi connectivity index (χ0n) is 46.5. The van der Waals surface area contributed by atoms with Crippen molar-refractivity contribution in [1.29, 1.82) is 0 Å². The predicted molar refractivity (Wildman–Crippen MR) is 298 cm³/mol. The summed E-state index contributed by atoms with van der Waals surface area (Å²) in [7, 11) is 1.25. The van der Waals surface area contributed by atoms with Crippen molar-refractivity contribution in [2.75, 3.05) is 40.9 Å². The van der Waals surface area contributed by atoms with E-state index in [1.807, 2.05) is 27.2 Å². The smallest absolute Gasteiger partial charge is 0.268 e. The molecular formula is C60H117N2O6P. The van der Waals surface area contributed by atoms with Gasteiger partial charge in [0.2, 0.25) is 5.91 Å². The minimum absolute atomic E-state index is 0.00664. The minimum Gasteiger partial charge on any atom is -0.756 e. The second kappa shape index (κ2) is 51.6. The van der Waals surface area contributed by atoms with Crippen molar-refractivity contribution in [3.63, 3.8) is 0 Å². The fourth-order valence-corrected chi connectivity index (χ4v) is 9.60. The Balaban J connectivity index is 4.17. The molecule has 408 valence electrons. The van der Waals surface area contributed by atoms with Gasteiger partial charge in [0.15, 0.2) is 0 Å². The Hall–Kier alpha value is -1.28. The van der Waals surface area contributed by atoms with E-state index in [9.17, 15) is 19.4 Å². The predicted octanol–water partition coefficient (Wildman–Crippen LogP) is 17.5. The molecule has 0 heterocycles. The molecule has 1 amide bonds. The molecule has 0 fully saturated rings. The molecule has 0 rings (SSSR count). The highest BCUT2D eigenvalue weighted by Crippen LogP contribution is 2.38. The maximum atomic E-state index is 12.9.